The van der Waals surface area contributed by atoms with Crippen LogP contribution >= 0.6 is 0 Å². The molecule has 0 unspecified atom stereocenters. The van der Waals surface area contributed by atoms with E-state index in [-0.39, 0.29) is 11.5 Å². The zero-order chi connectivity index (χ0) is 22.3. The molecular weight excluding hydrogens is 376 g/mol. The molecule has 5 nitrogen and oxygen atoms in total. The Balaban J connectivity index is 2.15. The first-order chi connectivity index (χ1) is 14.1. The van der Waals surface area contributed by atoms with Crippen LogP contribution in [0.15, 0.2) is 60.2 Å². The highest BCUT2D eigenvalue weighted by Crippen LogP contribution is 2.20. The fourth-order valence-electron chi connectivity index (χ4n) is 2.87. The first kappa shape index (κ1) is 22.9. The standard InChI is InChI=1S/C25H28N2O3/c1-18-11-13-20(14-12-18)15-22(16-26)24(29)30-19(2)23(28)27(25(3,4)5)17-21-9-7-6-8-10-21/h6-15,19H,17H2,1-5H3/b22-15+/t19-/m1/s1. The number of hydrogen-bond acceptors (Lipinski definition) is 4. The summed E-state index contributed by atoms with van der Waals surface area (Å²) in [6, 6.07) is 18.9. The van der Waals surface area contributed by atoms with Crippen molar-refractivity contribution in [1.82, 2.24) is 4.90 Å². The molecule has 5 heteroatoms. The zero-order valence-corrected chi connectivity index (χ0v) is 18.2. The Bertz CT molecular complexity index is 949. The smallest absolute Gasteiger partial charge is 0.349 e. The van der Waals surface area contributed by atoms with Gasteiger partial charge >= 0.3 is 5.97 Å². The van der Waals surface area contributed by atoms with Crippen molar-refractivity contribution in [3.8, 4) is 6.07 Å². The number of benzene rings is 2. The number of nitrogens with zero attached hydrogens (tertiary/aromatic N) is 2. The van der Waals surface area contributed by atoms with Gasteiger partial charge in [0.25, 0.3) is 5.91 Å². The molecule has 0 aliphatic heterocycles. The molecule has 0 aromatic heterocycles. The molecule has 0 heterocycles. The molecular formula is C25H28N2O3. The van der Waals surface area contributed by atoms with Crippen LogP contribution in [0, 0.1) is 18.3 Å². The molecule has 0 aliphatic rings. The Morgan fingerprint density at radius 1 is 1.10 bits per heavy atom. The molecule has 2 aromatic rings. The molecule has 2 aromatic carbocycles. The maximum atomic E-state index is 13.1. The molecule has 30 heavy (non-hydrogen) atoms. The van der Waals surface area contributed by atoms with E-state index in [1.165, 1.54) is 13.0 Å². The van der Waals surface area contributed by atoms with Crippen molar-refractivity contribution in [3.63, 3.8) is 0 Å². The molecule has 0 saturated carbocycles. The lowest BCUT2D eigenvalue weighted by molar-refractivity contribution is -0.159. The molecule has 1 amide bonds. The van der Waals surface area contributed by atoms with E-state index in [1.807, 2.05) is 88.4 Å². The average Bonchev–Trinajstić information content (AvgIpc) is 2.70. The van der Waals surface area contributed by atoms with E-state index in [9.17, 15) is 14.9 Å². The number of hydrogen-bond donors (Lipinski definition) is 0. The summed E-state index contributed by atoms with van der Waals surface area (Å²) in [5.41, 5.74) is 2.16. The lowest BCUT2D eigenvalue weighted by Crippen LogP contribution is -2.49. The molecule has 0 radical (unpaired) electrons. The van der Waals surface area contributed by atoms with E-state index in [4.69, 9.17) is 4.74 Å². The van der Waals surface area contributed by atoms with Gasteiger partial charge in [-0.25, -0.2) is 4.79 Å². The summed E-state index contributed by atoms with van der Waals surface area (Å²) >= 11 is 0. The predicted octanol–water partition coefficient (Wildman–Crippen LogP) is 4.66. The van der Waals surface area contributed by atoms with Crippen LogP contribution in [-0.2, 0) is 20.9 Å². The SMILES string of the molecule is Cc1ccc(/C=C(\C#N)C(=O)O[C@H](C)C(=O)N(Cc2ccccc2)C(C)(C)C)cc1. The molecule has 156 valence electrons. The Labute approximate surface area is 178 Å². The number of aryl methyl sites for hydroxylation is 1. The molecule has 2 rings (SSSR count). The molecule has 0 aliphatic carbocycles. The molecule has 0 N–H and O–H groups in total. The minimum absolute atomic E-state index is 0.149. The largest absolute Gasteiger partial charge is 0.448 e. The van der Waals surface area contributed by atoms with Gasteiger partial charge in [-0.3, -0.25) is 4.79 Å². The van der Waals surface area contributed by atoms with E-state index >= 15 is 0 Å². The van der Waals surface area contributed by atoms with Gasteiger partial charge in [-0.05, 0) is 51.8 Å². The molecule has 0 saturated heterocycles. The molecule has 0 bridgehead atoms. The Kier molecular flexibility index (Phi) is 7.54. The second-order valence-electron chi connectivity index (χ2n) is 8.21. The highest BCUT2D eigenvalue weighted by Gasteiger charge is 2.32. The number of amides is 1. The summed E-state index contributed by atoms with van der Waals surface area (Å²) < 4.78 is 5.35. The van der Waals surface area contributed by atoms with E-state index in [1.54, 1.807) is 4.90 Å². The first-order valence-electron chi connectivity index (χ1n) is 9.86. The Morgan fingerprint density at radius 3 is 2.23 bits per heavy atom. The molecule has 1 atom stereocenters. The third-order valence-corrected chi connectivity index (χ3v) is 4.62. The fraction of sp³-hybridized carbons (Fsp3) is 0.320. The van der Waals surface area contributed by atoms with Crippen molar-refractivity contribution in [2.75, 3.05) is 0 Å². The van der Waals surface area contributed by atoms with Gasteiger partial charge in [0, 0.05) is 12.1 Å². The Morgan fingerprint density at radius 2 is 1.70 bits per heavy atom. The van der Waals surface area contributed by atoms with Crippen molar-refractivity contribution in [2.24, 2.45) is 0 Å². The van der Waals surface area contributed by atoms with Gasteiger partial charge in [-0.1, -0.05) is 60.2 Å². The summed E-state index contributed by atoms with van der Waals surface area (Å²) in [6.45, 7) is 9.68. The van der Waals surface area contributed by atoms with E-state index in [0.29, 0.717) is 12.1 Å². The van der Waals surface area contributed by atoms with Crippen LogP contribution in [0.4, 0.5) is 0 Å². The van der Waals surface area contributed by atoms with Gasteiger partial charge in [0.05, 0.1) is 0 Å². The lowest BCUT2D eigenvalue weighted by Gasteiger charge is -2.37. The van der Waals surface area contributed by atoms with Gasteiger partial charge in [-0.15, -0.1) is 0 Å². The predicted molar refractivity (Wildman–Crippen MR) is 117 cm³/mol. The van der Waals surface area contributed by atoms with Crippen LogP contribution in [0.5, 0.6) is 0 Å². The minimum Gasteiger partial charge on any atom is -0.448 e. The highest BCUT2D eigenvalue weighted by atomic mass is 16.5. The van der Waals surface area contributed by atoms with E-state index < -0.39 is 17.6 Å². The molecule has 0 fully saturated rings. The van der Waals surface area contributed by atoms with Crippen molar-refractivity contribution < 1.29 is 14.3 Å². The summed E-state index contributed by atoms with van der Waals surface area (Å²) in [7, 11) is 0. The van der Waals surface area contributed by atoms with Gasteiger partial charge in [-0.2, -0.15) is 5.26 Å². The third kappa shape index (κ3) is 6.31. The first-order valence-corrected chi connectivity index (χ1v) is 9.86. The van der Waals surface area contributed by atoms with Crippen molar-refractivity contribution in [3.05, 3.63) is 76.9 Å². The Hall–Kier alpha value is -3.39. The quantitative estimate of drug-likeness (QED) is 0.399. The monoisotopic (exact) mass is 404 g/mol. The summed E-state index contributed by atoms with van der Waals surface area (Å²) in [5, 5.41) is 9.38. The maximum absolute atomic E-state index is 13.1. The lowest BCUT2D eigenvalue weighted by atomic mass is 10.0. The van der Waals surface area contributed by atoms with Crippen LogP contribution in [0.25, 0.3) is 6.08 Å². The number of rotatable bonds is 6. The third-order valence-electron chi connectivity index (χ3n) is 4.62. The number of carbonyl (C=O) groups excluding carboxylic acids is 2. The normalized spacial score (nSPS) is 12.6. The number of carbonyl (C=O) groups is 2. The minimum atomic E-state index is -1.02. The van der Waals surface area contributed by atoms with Crippen LogP contribution in [0.1, 0.15) is 44.4 Å². The van der Waals surface area contributed by atoms with Crippen LogP contribution in [-0.4, -0.2) is 28.4 Å². The van der Waals surface area contributed by atoms with Gasteiger partial charge in [0.1, 0.15) is 11.6 Å². The number of nitriles is 1. The van der Waals surface area contributed by atoms with Crippen LogP contribution < -0.4 is 0 Å². The number of ether oxygens (including phenoxy) is 1. The second kappa shape index (κ2) is 9.89. The fourth-order valence-corrected chi connectivity index (χ4v) is 2.87. The van der Waals surface area contributed by atoms with Crippen LogP contribution in [0.3, 0.4) is 0 Å². The summed E-state index contributed by atoms with van der Waals surface area (Å²) in [6.07, 6.45) is 0.444. The van der Waals surface area contributed by atoms with Crippen molar-refractivity contribution in [2.45, 2.75) is 52.8 Å². The van der Waals surface area contributed by atoms with Gasteiger partial charge < -0.3 is 9.64 Å². The summed E-state index contributed by atoms with van der Waals surface area (Å²) in [5.74, 6) is -1.13. The van der Waals surface area contributed by atoms with Gasteiger partial charge in [0.15, 0.2) is 6.10 Å². The number of esters is 1. The van der Waals surface area contributed by atoms with Crippen molar-refractivity contribution >= 4 is 18.0 Å². The van der Waals surface area contributed by atoms with Gasteiger partial charge in [0.2, 0.25) is 0 Å². The van der Waals surface area contributed by atoms with E-state index in [0.717, 1.165) is 11.1 Å². The maximum Gasteiger partial charge on any atom is 0.349 e. The molecule has 0 spiro atoms. The highest BCUT2D eigenvalue weighted by molar-refractivity contribution is 5.99. The topological polar surface area (TPSA) is 70.4 Å². The zero-order valence-electron chi connectivity index (χ0n) is 18.2. The summed E-state index contributed by atoms with van der Waals surface area (Å²) in [4.78, 5) is 27.3. The van der Waals surface area contributed by atoms with E-state index in [2.05, 4.69) is 0 Å². The van der Waals surface area contributed by atoms with Crippen LogP contribution in [0.2, 0.25) is 0 Å². The second-order valence-corrected chi connectivity index (χ2v) is 8.21. The van der Waals surface area contributed by atoms with Crippen molar-refractivity contribution in [1.29, 1.82) is 5.26 Å². The average molecular weight is 405 g/mol.